The second-order valence-electron chi connectivity index (χ2n) is 6.27. The molecule has 0 saturated heterocycles. The highest BCUT2D eigenvalue weighted by molar-refractivity contribution is 5.94. The van der Waals surface area contributed by atoms with Gasteiger partial charge in [0.1, 0.15) is 17.1 Å². The molecule has 122 valence electrons. The summed E-state index contributed by atoms with van der Waals surface area (Å²) in [4.78, 5) is 11.4. The van der Waals surface area contributed by atoms with Crippen LogP contribution in [-0.2, 0) is 13.0 Å². The molecule has 2 aromatic heterocycles. The largest absolute Gasteiger partial charge is 0.439 e. The normalized spacial score (nSPS) is 13.8. The lowest BCUT2D eigenvalue weighted by molar-refractivity contribution is 0.498. The van der Waals surface area contributed by atoms with Crippen molar-refractivity contribution in [1.82, 2.24) is 9.97 Å². The maximum atomic E-state index is 5.96. The second kappa shape index (κ2) is 5.74. The zero-order chi connectivity index (χ0) is 16.6. The van der Waals surface area contributed by atoms with Crippen LogP contribution >= 0.6 is 0 Å². The molecule has 4 nitrogen and oxygen atoms in total. The van der Waals surface area contributed by atoms with Crippen molar-refractivity contribution in [3.63, 3.8) is 0 Å². The molecule has 0 atom stereocenters. The van der Waals surface area contributed by atoms with E-state index in [4.69, 9.17) is 9.40 Å². The van der Waals surface area contributed by atoms with Crippen molar-refractivity contribution < 1.29 is 4.42 Å². The van der Waals surface area contributed by atoms with Gasteiger partial charge in [0.2, 0.25) is 5.89 Å². The van der Waals surface area contributed by atoms with Crippen molar-refractivity contribution >= 4 is 16.5 Å². The van der Waals surface area contributed by atoms with Gasteiger partial charge in [-0.1, -0.05) is 42.5 Å². The molecule has 0 fully saturated rings. The molecule has 4 heteroatoms. The van der Waals surface area contributed by atoms with Gasteiger partial charge < -0.3 is 9.32 Å². The predicted octanol–water partition coefficient (Wildman–Crippen LogP) is 4.45. The van der Waals surface area contributed by atoms with Crippen LogP contribution in [0.5, 0.6) is 0 Å². The molecule has 0 saturated carbocycles. The van der Waals surface area contributed by atoms with Gasteiger partial charge in [0.05, 0.1) is 6.54 Å². The lowest BCUT2D eigenvalue weighted by Crippen LogP contribution is -2.30. The monoisotopic (exact) mass is 327 g/mol. The number of hydrogen-bond donors (Lipinski definition) is 0. The standard InChI is InChI=1S/C21H17N3O/c1-2-8-16-15(6-1)7-5-10-19(16)24-13-11-20-18(14-24)23-21(25-20)17-9-3-4-12-22-17/h1-10,12H,11,13-14H2. The molecular weight excluding hydrogens is 310 g/mol. The van der Waals surface area contributed by atoms with E-state index in [9.17, 15) is 0 Å². The Labute approximate surface area is 145 Å². The number of fused-ring (bicyclic) bond motifs is 2. The number of oxazole rings is 1. The summed E-state index contributed by atoms with van der Waals surface area (Å²) in [6, 6.07) is 20.8. The Morgan fingerprint density at radius 1 is 0.920 bits per heavy atom. The van der Waals surface area contributed by atoms with Crippen molar-refractivity contribution in [3.05, 3.63) is 78.3 Å². The first-order chi connectivity index (χ1) is 12.4. The van der Waals surface area contributed by atoms with Gasteiger partial charge in [0.15, 0.2) is 0 Å². The van der Waals surface area contributed by atoms with Gasteiger partial charge in [0, 0.05) is 30.2 Å². The van der Waals surface area contributed by atoms with Crippen LogP contribution in [0.4, 0.5) is 5.69 Å². The van der Waals surface area contributed by atoms with E-state index in [0.29, 0.717) is 5.89 Å². The van der Waals surface area contributed by atoms with Crippen molar-refractivity contribution in [3.8, 4) is 11.6 Å². The minimum atomic E-state index is 0.616. The Morgan fingerprint density at radius 3 is 2.72 bits per heavy atom. The van der Waals surface area contributed by atoms with Crippen molar-refractivity contribution in [2.75, 3.05) is 11.4 Å². The van der Waals surface area contributed by atoms with Crippen LogP contribution in [0.1, 0.15) is 11.5 Å². The SMILES string of the molecule is c1ccc(-c2nc3c(o2)CCN(c2cccc4ccccc24)C3)nc1. The van der Waals surface area contributed by atoms with Gasteiger partial charge in [-0.2, -0.15) is 0 Å². The maximum Gasteiger partial charge on any atom is 0.245 e. The second-order valence-corrected chi connectivity index (χ2v) is 6.27. The molecule has 4 aromatic rings. The van der Waals surface area contributed by atoms with Crippen LogP contribution in [0.15, 0.2) is 71.3 Å². The first-order valence-corrected chi connectivity index (χ1v) is 8.51. The molecule has 1 aliphatic rings. The summed E-state index contributed by atoms with van der Waals surface area (Å²) < 4.78 is 5.96. The zero-order valence-corrected chi connectivity index (χ0v) is 13.7. The minimum absolute atomic E-state index is 0.616. The average molecular weight is 327 g/mol. The third-order valence-electron chi connectivity index (χ3n) is 4.72. The molecule has 3 heterocycles. The van der Waals surface area contributed by atoms with Gasteiger partial charge >= 0.3 is 0 Å². The molecule has 0 amide bonds. The Balaban J connectivity index is 1.51. The molecule has 5 rings (SSSR count). The van der Waals surface area contributed by atoms with Gasteiger partial charge in [-0.05, 0) is 23.6 Å². The van der Waals surface area contributed by atoms with Gasteiger partial charge in [0.25, 0.3) is 0 Å². The van der Waals surface area contributed by atoms with Gasteiger partial charge in [-0.25, -0.2) is 4.98 Å². The fourth-order valence-electron chi connectivity index (χ4n) is 3.49. The van der Waals surface area contributed by atoms with Gasteiger partial charge in [-0.3, -0.25) is 4.98 Å². The fraction of sp³-hybridized carbons (Fsp3) is 0.143. The van der Waals surface area contributed by atoms with Crippen LogP contribution in [-0.4, -0.2) is 16.5 Å². The summed E-state index contributed by atoms with van der Waals surface area (Å²) in [5.74, 6) is 1.60. The van der Waals surface area contributed by atoms with Gasteiger partial charge in [-0.15, -0.1) is 0 Å². The number of aromatic nitrogens is 2. The summed E-state index contributed by atoms with van der Waals surface area (Å²) in [5.41, 5.74) is 3.06. The molecule has 0 radical (unpaired) electrons. The summed E-state index contributed by atoms with van der Waals surface area (Å²) in [6.07, 6.45) is 2.62. The quantitative estimate of drug-likeness (QED) is 0.545. The number of hydrogen-bond acceptors (Lipinski definition) is 4. The number of benzene rings is 2. The molecule has 1 aliphatic heterocycles. The molecule has 0 N–H and O–H groups in total. The smallest absolute Gasteiger partial charge is 0.245 e. The highest BCUT2D eigenvalue weighted by atomic mass is 16.4. The topological polar surface area (TPSA) is 42.2 Å². The van der Waals surface area contributed by atoms with E-state index in [1.807, 2.05) is 18.2 Å². The Bertz CT molecular complexity index is 1030. The van der Waals surface area contributed by atoms with E-state index in [1.54, 1.807) is 6.20 Å². The number of anilines is 1. The summed E-state index contributed by atoms with van der Waals surface area (Å²) >= 11 is 0. The van der Waals surface area contributed by atoms with Crippen LogP contribution in [0, 0.1) is 0 Å². The van der Waals surface area contributed by atoms with Crippen LogP contribution in [0.3, 0.4) is 0 Å². The first kappa shape index (κ1) is 14.2. The van der Waals surface area contributed by atoms with E-state index in [0.717, 1.165) is 36.7 Å². The third kappa shape index (κ3) is 2.47. The molecule has 25 heavy (non-hydrogen) atoms. The van der Waals surface area contributed by atoms with Crippen molar-refractivity contribution in [1.29, 1.82) is 0 Å². The first-order valence-electron chi connectivity index (χ1n) is 8.51. The lowest BCUT2D eigenvalue weighted by Gasteiger charge is -2.28. The molecule has 2 aromatic carbocycles. The molecule has 0 bridgehead atoms. The highest BCUT2D eigenvalue weighted by Gasteiger charge is 2.24. The van der Waals surface area contributed by atoms with Crippen LogP contribution in [0.2, 0.25) is 0 Å². The maximum absolute atomic E-state index is 5.96. The molecular formula is C21H17N3O. The lowest BCUT2D eigenvalue weighted by atomic mass is 10.1. The summed E-state index contributed by atoms with van der Waals surface area (Å²) in [7, 11) is 0. The van der Waals surface area contributed by atoms with E-state index >= 15 is 0 Å². The zero-order valence-electron chi connectivity index (χ0n) is 13.7. The van der Waals surface area contributed by atoms with Crippen LogP contribution < -0.4 is 4.90 Å². The van der Waals surface area contributed by atoms with E-state index in [2.05, 4.69) is 52.3 Å². The third-order valence-corrected chi connectivity index (χ3v) is 4.72. The average Bonchev–Trinajstić information content (AvgIpc) is 3.11. The molecule has 0 aliphatic carbocycles. The van der Waals surface area contributed by atoms with Crippen molar-refractivity contribution in [2.24, 2.45) is 0 Å². The number of pyridine rings is 1. The fourth-order valence-corrected chi connectivity index (χ4v) is 3.49. The van der Waals surface area contributed by atoms with E-state index in [-0.39, 0.29) is 0 Å². The Hall–Kier alpha value is -3.14. The minimum Gasteiger partial charge on any atom is -0.439 e. The molecule has 0 unspecified atom stereocenters. The highest BCUT2D eigenvalue weighted by Crippen LogP contribution is 2.32. The number of rotatable bonds is 2. The number of nitrogens with zero attached hydrogens (tertiary/aromatic N) is 3. The Kier molecular flexibility index (Phi) is 3.27. The van der Waals surface area contributed by atoms with Crippen molar-refractivity contribution in [2.45, 2.75) is 13.0 Å². The Morgan fingerprint density at radius 2 is 1.80 bits per heavy atom. The van der Waals surface area contributed by atoms with Crippen LogP contribution in [0.25, 0.3) is 22.4 Å². The van der Waals surface area contributed by atoms with E-state index < -0.39 is 0 Å². The van der Waals surface area contributed by atoms with E-state index in [1.165, 1.54) is 16.5 Å². The summed E-state index contributed by atoms with van der Waals surface area (Å²) in [5, 5.41) is 2.54. The summed E-state index contributed by atoms with van der Waals surface area (Å²) in [6.45, 7) is 1.69. The predicted molar refractivity (Wildman–Crippen MR) is 98.4 cm³/mol. The molecule has 0 spiro atoms.